The Kier molecular flexibility index (Phi) is 5.27. The van der Waals surface area contributed by atoms with Crippen molar-refractivity contribution in [2.75, 3.05) is 0 Å². The van der Waals surface area contributed by atoms with E-state index in [1.54, 1.807) is 6.07 Å². The molecule has 0 aromatic heterocycles. The van der Waals surface area contributed by atoms with Gasteiger partial charge in [-0.1, -0.05) is 52.3 Å². The Labute approximate surface area is 146 Å². The topological polar surface area (TPSA) is 40.5 Å². The molecule has 2 aromatic carbocycles. The minimum absolute atomic E-state index is 0.192. The quantitative estimate of drug-likeness (QED) is 0.755. The summed E-state index contributed by atoms with van der Waals surface area (Å²) in [6, 6.07) is 7.99. The Morgan fingerprint density at radius 3 is 2.21 bits per heavy atom. The summed E-state index contributed by atoms with van der Waals surface area (Å²) in [4.78, 5) is 0. The SMILES string of the molecule is CCCc1c(C)c(C(C)(C)c2ccc(O)c(C)c2)cc(CC)c1O. The molecule has 0 aliphatic heterocycles. The van der Waals surface area contributed by atoms with E-state index in [1.807, 2.05) is 13.0 Å². The molecule has 2 rings (SSSR count). The normalized spacial score (nSPS) is 11.8. The average molecular weight is 326 g/mol. The van der Waals surface area contributed by atoms with Crippen molar-refractivity contribution >= 4 is 0 Å². The number of phenolic OH excluding ortho intramolecular Hbond substituents is 2. The van der Waals surface area contributed by atoms with Crippen LogP contribution >= 0.6 is 0 Å². The van der Waals surface area contributed by atoms with Crippen molar-refractivity contribution in [3.8, 4) is 11.5 Å². The molecule has 2 aromatic rings. The fourth-order valence-electron chi connectivity index (χ4n) is 3.56. The fourth-order valence-corrected chi connectivity index (χ4v) is 3.56. The smallest absolute Gasteiger partial charge is 0.122 e. The van der Waals surface area contributed by atoms with Crippen molar-refractivity contribution in [2.24, 2.45) is 0 Å². The first-order chi connectivity index (χ1) is 11.2. The van der Waals surface area contributed by atoms with Gasteiger partial charge in [-0.25, -0.2) is 0 Å². The Hall–Kier alpha value is -1.96. The lowest BCUT2D eigenvalue weighted by atomic mass is 9.73. The zero-order valence-corrected chi connectivity index (χ0v) is 15.8. The lowest BCUT2D eigenvalue weighted by molar-refractivity contribution is 0.458. The molecule has 0 bridgehead atoms. The summed E-state index contributed by atoms with van der Waals surface area (Å²) in [7, 11) is 0. The van der Waals surface area contributed by atoms with Crippen LogP contribution in [0.5, 0.6) is 11.5 Å². The van der Waals surface area contributed by atoms with E-state index in [9.17, 15) is 10.2 Å². The maximum atomic E-state index is 10.6. The Morgan fingerprint density at radius 1 is 1.00 bits per heavy atom. The van der Waals surface area contributed by atoms with Crippen LogP contribution in [0.15, 0.2) is 24.3 Å². The van der Waals surface area contributed by atoms with E-state index < -0.39 is 0 Å². The molecule has 0 saturated carbocycles. The highest BCUT2D eigenvalue weighted by Gasteiger charge is 2.28. The summed E-state index contributed by atoms with van der Waals surface area (Å²) in [6.45, 7) is 12.7. The van der Waals surface area contributed by atoms with Crippen molar-refractivity contribution in [1.29, 1.82) is 0 Å². The van der Waals surface area contributed by atoms with Gasteiger partial charge in [-0.05, 0) is 66.1 Å². The number of aryl methyl sites for hydroxylation is 2. The van der Waals surface area contributed by atoms with Crippen LogP contribution in [0.1, 0.15) is 67.5 Å². The molecule has 2 heteroatoms. The minimum Gasteiger partial charge on any atom is -0.508 e. The number of hydrogen-bond acceptors (Lipinski definition) is 2. The molecule has 0 saturated heterocycles. The molecule has 0 amide bonds. The van der Waals surface area contributed by atoms with Crippen LogP contribution in [0.3, 0.4) is 0 Å². The van der Waals surface area contributed by atoms with E-state index in [1.165, 1.54) is 16.7 Å². The molecule has 0 radical (unpaired) electrons. The monoisotopic (exact) mass is 326 g/mol. The van der Waals surface area contributed by atoms with E-state index in [2.05, 4.69) is 46.8 Å². The highest BCUT2D eigenvalue weighted by atomic mass is 16.3. The summed E-state index contributed by atoms with van der Waals surface area (Å²) in [5.74, 6) is 0.802. The van der Waals surface area contributed by atoms with Gasteiger partial charge in [0.25, 0.3) is 0 Å². The van der Waals surface area contributed by atoms with Crippen molar-refractivity contribution in [1.82, 2.24) is 0 Å². The number of phenols is 2. The third kappa shape index (κ3) is 3.15. The standard InChI is InChI=1S/C22H30O2/c1-7-9-18-15(4)19(13-16(8-2)21(18)24)22(5,6)17-10-11-20(23)14(3)12-17/h10-13,23-24H,7-9H2,1-6H3. The molecular formula is C22H30O2. The summed E-state index contributed by atoms with van der Waals surface area (Å²) in [5.41, 5.74) is 6.41. The molecule has 0 aliphatic carbocycles. The molecule has 2 N–H and O–H groups in total. The fraction of sp³-hybridized carbons (Fsp3) is 0.455. The maximum Gasteiger partial charge on any atom is 0.122 e. The largest absolute Gasteiger partial charge is 0.508 e. The molecule has 0 aliphatic rings. The number of hydrogen-bond donors (Lipinski definition) is 2. The van der Waals surface area contributed by atoms with E-state index in [0.717, 1.165) is 36.0 Å². The van der Waals surface area contributed by atoms with Crippen LogP contribution in [-0.2, 0) is 18.3 Å². The van der Waals surface area contributed by atoms with Gasteiger partial charge in [-0.2, -0.15) is 0 Å². The Bertz CT molecular complexity index is 742. The average Bonchev–Trinajstić information content (AvgIpc) is 2.54. The van der Waals surface area contributed by atoms with Crippen LogP contribution in [0.2, 0.25) is 0 Å². The molecule has 0 spiro atoms. The van der Waals surface area contributed by atoms with E-state index in [0.29, 0.717) is 11.5 Å². The van der Waals surface area contributed by atoms with Gasteiger partial charge >= 0.3 is 0 Å². The van der Waals surface area contributed by atoms with Crippen LogP contribution in [0.4, 0.5) is 0 Å². The Morgan fingerprint density at radius 2 is 1.67 bits per heavy atom. The van der Waals surface area contributed by atoms with Gasteiger partial charge < -0.3 is 10.2 Å². The zero-order chi connectivity index (χ0) is 18.1. The van der Waals surface area contributed by atoms with Gasteiger partial charge in [-0.15, -0.1) is 0 Å². The van der Waals surface area contributed by atoms with Gasteiger partial charge in [0.2, 0.25) is 0 Å². The molecule has 0 fully saturated rings. The number of benzene rings is 2. The number of aromatic hydroxyl groups is 2. The van der Waals surface area contributed by atoms with Crippen LogP contribution in [-0.4, -0.2) is 10.2 Å². The van der Waals surface area contributed by atoms with Crippen molar-refractivity contribution in [3.05, 3.63) is 57.6 Å². The van der Waals surface area contributed by atoms with E-state index >= 15 is 0 Å². The first-order valence-electron chi connectivity index (χ1n) is 8.88. The molecule has 130 valence electrons. The number of rotatable bonds is 5. The predicted molar refractivity (Wildman–Crippen MR) is 101 cm³/mol. The van der Waals surface area contributed by atoms with Gasteiger partial charge in [-0.3, -0.25) is 0 Å². The van der Waals surface area contributed by atoms with Gasteiger partial charge in [0, 0.05) is 5.41 Å². The van der Waals surface area contributed by atoms with Gasteiger partial charge in [0.1, 0.15) is 11.5 Å². The highest BCUT2D eigenvalue weighted by Crippen LogP contribution is 2.40. The lowest BCUT2D eigenvalue weighted by Crippen LogP contribution is -2.21. The lowest BCUT2D eigenvalue weighted by Gasteiger charge is -2.31. The summed E-state index contributed by atoms with van der Waals surface area (Å²) in [6.07, 6.45) is 2.73. The third-order valence-electron chi connectivity index (χ3n) is 5.24. The zero-order valence-electron chi connectivity index (χ0n) is 15.8. The molecule has 0 heterocycles. The minimum atomic E-state index is -0.192. The molecular weight excluding hydrogens is 296 g/mol. The van der Waals surface area contributed by atoms with Crippen molar-refractivity contribution < 1.29 is 10.2 Å². The van der Waals surface area contributed by atoms with Crippen LogP contribution < -0.4 is 0 Å². The van der Waals surface area contributed by atoms with Crippen molar-refractivity contribution in [3.63, 3.8) is 0 Å². The predicted octanol–water partition coefficient (Wildman–Crippen LogP) is 5.56. The van der Waals surface area contributed by atoms with Gasteiger partial charge in [0.15, 0.2) is 0 Å². The maximum absolute atomic E-state index is 10.6. The molecule has 0 unspecified atom stereocenters. The van der Waals surface area contributed by atoms with Crippen LogP contribution in [0.25, 0.3) is 0 Å². The van der Waals surface area contributed by atoms with E-state index in [-0.39, 0.29) is 5.41 Å². The molecule has 24 heavy (non-hydrogen) atoms. The first-order valence-corrected chi connectivity index (χ1v) is 8.88. The second-order valence-corrected chi connectivity index (χ2v) is 7.27. The summed E-state index contributed by atoms with van der Waals surface area (Å²) in [5, 5.41) is 20.4. The Balaban J connectivity index is 2.68. The second-order valence-electron chi connectivity index (χ2n) is 7.27. The van der Waals surface area contributed by atoms with Crippen LogP contribution in [0, 0.1) is 13.8 Å². The second kappa shape index (κ2) is 6.88. The molecule has 2 nitrogen and oxygen atoms in total. The summed E-state index contributed by atoms with van der Waals surface area (Å²) >= 11 is 0. The highest BCUT2D eigenvalue weighted by molar-refractivity contribution is 5.55. The third-order valence-corrected chi connectivity index (χ3v) is 5.24. The summed E-state index contributed by atoms with van der Waals surface area (Å²) < 4.78 is 0. The van der Waals surface area contributed by atoms with E-state index in [4.69, 9.17) is 0 Å². The van der Waals surface area contributed by atoms with Gasteiger partial charge in [0.05, 0.1) is 0 Å². The molecule has 0 atom stereocenters. The van der Waals surface area contributed by atoms with Crippen molar-refractivity contribution in [2.45, 2.75) is 66.2 Å². The first kappa shape index (κ1) is 18.4.